The summed E-state index contributed by atoms with van der Waals surface area (Å²) in [6, 6.07) is 0. The van der Waals surface area contributed by atoms with Crippen molar-refractivity contribution in [3.05, 3.63) is 0 Å². The fourth-order valence-electron chi connectivity index (χ4n) is 0.134. The van der Waals surface area contributed by atoms with E-state index in [-0.39, 0.29) is 0 Å². The molecule has 0 aliphatic carbocycles. The minimum absolute atomic E-state index is 0.863. The first-order chi connectivity index (χ1) is 2.41. The Bertz CT molecular complexity index is 14.4. The summed E-state index contributed by atoms with van der Waals surface area (Å²) < 4.78 is 0. The van der Waals surface area contributed by atoms with Crippen molar-refractivity contribution < 1.29 is 0 Å². The Morgan fingerprint density at radius 3 is 2.20 bits per heavy atom. The molecule has 0 amide bonds. The first kappa shape index (κ1) is 5.83. The first-order valence-corrected chi connectivity index (χ1v) is 5.48. The van der Waals surface area contributed by atoms with Crippen LogP contribution in [0.3, 0.4) is 0 Å². The summed E-state index contributed by atoms with van der Waals surface area (Å²) in [5, 5.41) is 1.40. The monoisotopic (exact) mass is 154 g/mol. The van der Waals surface area contributed by atoms with Crippen molar-refractivity contribution in [2.75, 3.05) is 5.88 Å². The Balaban J connectivity index is 2.19. The SMILES string of the molecule is ClCC[CH2][GeH3]. The molecule has 0 rings (SSSR count). The number of rotatable bonds is 2. The molecular formula is C3H9ClGe. The van der Waals surface area contributed by atoms with Crippen LogP contribution in [0.15, 0.2) is 0 Å². The van der Waals surface area contributed by atoms with Crippen molar-refractivity contribution in [3.63, 3.8) is 0 Å². The first-order valence-electron chi connectivity index (χ1n) is 1.97. The second kappa shape index (κ2) is 4.83. The summed E-state index contributed by atoms with van der Waals surface area (Å²) in [5.74, 6) is 0.863. The Kier molecular flexibility index (Phi) is 5.64. The Morgan fingerprint density at radius 2 is 2.20 bits per heavy atom. The molecule has 0 fully saturated rings. The van der Waals surface area contributed by atoms with E-state index in [0.29, 0.717) is 0 Å². The number of hydrogen-bond donors (Lipinski definition) is 0. The van der Waals surface area contributed by atoms with Gasteiger partial charge in [-0.15, -0.1) is 0 Å². The van der Waals surface area contributed by atoms with Crippen LogP contribution < -0.4 is 0 Å². The van der Waals surface area contributed by atoms with Gasteiger partial charge in [-0.1, -0.05) is 0 Å². The summed E-state index contributed by atoms with van der Waals surface area (Å²) in [7, 11) is 0. The Morgan fingerprint density at radius 1 is 1.60 bits per heavy atom. The summed E-state index contributed by atoms with van der Waals surface area (Å²) in [6.07, 6.45) is 1.24. The number of halogens is 1. The van der Waals surface area contributed by atoms with Crippen LogP contribution >= 0.6 is 11.6 Å². The number of alkyl halides is 1. The summed E-state index contributed by atoms with van der Waals surface area (Å²) in [6.45, 7) is 0. The zero-order chi connectivity index (χ0) is 4.12. The van der Waals surface area contributed by atoms with Crippen LogP contribution in [0.1, 0.15) is 6.42 Å². The topological polar surface area (TPSA) is 0 Å². The van der Waals surface area contributed by atoms with Crippen LogP contribution in [0, 0.1) is 0 Å². The summed E-state index contributed by atoms with van der Waals surface area (Å²) >= 11 is 6.36. The van der Waals surface area contributed by atoms with Crippen molar-refractivity contribution in [3.8, 4) is 0 Å². The van der Waals surface area contributed by atoms with Gasteiger partial charge in [0, 0.05) is 0 Å². The second-order valence-electron chi connectivity index (χ2n) is 1.04. The van der Waals surface area contributed by atoms with Gasteiger partial charge in [0.25, 0.3) is 0 Å². The van der Waals surface area contributed by atoms with Gasteiger partial charge >= 0.3 is 45.7 Å². The molecule has 0 aromatic carbocycles. The van der Waals surface area contributed by atoms with Gasteiger partial charge in [-0.2, -0.15) is 0 Å². The van der Waals surface area contributed by atoms with E-state index in [1.165, 1.54) is 11.7 Å². The quantitative estimate of drug-likeness (QED) is 0.398. The molecule has 0 saturated carbocycles. The molecule has 2 heteroatoms. The van der Waals surface area contributed by atoms with E-state index in [0.717, 1.165) is 22.4 Å². The maximum absolute atomic E-state index is 5.33. The number of hydrogen-bond acceptors (Lipinski definition) is 0. The van der Waals surface area contributed by atoms with Crippen LogP contribution in [0.4, 0.5) is 0 Å². The van der Waals surface area contributed by atoms with Gasteiger partial charge in [0.1, 0.15) is 0 Å². The molecule has 0 aliphatic rings. The zero-order valence-corrected chi connectivity index (χ0v) is 8.45. The molecule has 0 unspecified atom stereocenters. The molecule has 0 aliphatic heterocycles. The van der Waals surface area contributed by atoms with Crippen molar-refractivity contribution in [1.29, 1.82) is 0 Å². The van der Waals surface area contributed by atoms with Gasteiger partial charge < -0.3 is 0 Å². The fraction of sp³-hybridized carbons (Fsp3) is 1.00. The van der Waals surface area contributed by atoms with Crippen molar-refractivity contribution in [1.82, 2.24) is 0 Å². The van der Waals surface area contributed by atoms with Crippen LogP contribution in [0.5, 0.6) is 0 Å². The predicted molar refractivity (Wildman–Crippen MR) is 30.1 cm³/mol. The Hall–Kier alpha value is 0.833. The molecule has 0 spiro atoms. The van der Waals surface area contributed by atoms with Crippen LogP contribution in [-0.4, -0.2) is 22.4 Å². The van der Waals surface area contributed by atoms with Crippen molar-refractivity contribution >= 4 is 28.1 Å². The van der Waals surface area contributed by atoms with Gasteiger partial charge in [-0.05, 0) is 0 Å². The third-order valence-electron chi connectivity index (χ3n) is 0.487. The van der Waals surface area contributed by atoms with Gasteiger partial charge in [0.2, 0.25) is 0 Å². The molecule has 0 atom stereocenters. The molecule has 0 heterocycles. The predicted octanol–water partition coefficient (Wildman–Crippen LogP) is 0.399. The molecule has 0 bridgehead atoms. The summed E-state index contributed by atoms with van der Waals surface area (Å²) in [4.78, 5) is 0. The normalized spacial score (nSPS) is 9.00. The van der Waals surface area contributed by atoms with Crippen LogP contribution in [0.25, 0.3) is 0 Å². The van der Waals surface area contributed by atoms with Gasteiger partial charge in [0.15, 0.2) is 0 Å². The van der Waals surface area contributed by atoms with Gasteiger partial charge in [-0.25, -0.2) is 0 Å². The van der Waals surface area contributed by atoms with Gasteiger partial charge in [-0.3, -0.25) is 0 Å². The fourth-order valence-corrected chi connectivity index (χ4v) is 2.08. The molecule has 0 aromatic heterocycles. The molecule has 32 valence electrons. The molecule has 0 nitrogen and oxygen atoms in total. The Labute approximate surface area is 46.1 Å². The van der Waals surface area contributed by atoms with E-state index in [2.05, 4.69) is 0 Å². The van der Waals surface area contributed by atoms with Crippen LogP contribution in [0.2, 0.25) is 5.25 Å². The molecule has 0 radical (unpaired) electrons. The second-order valence-corrected chi connectivity index (χ2v) is 3.52. The van der Waals surface area contributed by atoms with E-state index in [4.69, 9.17) is 11.6 Å². The van der Waals surface area contributed by atoms with E-state index in [1.54, 1.807) is 0 Å². The van der Waals surface area contributed by atoms with Crippen molar-refractivity contribution in [2.24, 2.45) is 0 Å². The average molecular weight is 153 g/mol. The van der Waals surface area contributed by atoms with Crippen molar-refractivity contribution in [2.45, 2.75) is 11.7 Å². The molecule has 0 N–H and O–H groups in total. The molecule has 0 saturated heterocycles. The van der Waals surface area contributed by atoms with Gasteiger partial charge in [0.05, 0.1) is 0 Å². The van der Waals surface area contributed by atoms with E-state index < -0.39 is 0 Å². The van der Waals surface area contributed by atoms with Crippen LogP contribution in [-0.2, 0) is 0 Å². The molecule has 5 heavy (non-hydrogen) atoms. The average Bonchev–Trinajstić information content (AvgIpc) is 1.41. The minimum atomic E-state index is 0.863. The zero-order valence-electron chi connectivity index (χ0n) is 3.50. The third-order valence-corrected chi connectivity index (χ3v) is 2.24. The van der Waals surface area contributed by atoms with E-state index in [1.807, 2.05) is 0 Å². The molecule has 0 aromatic rings. The maximum atomic E-state index is 5.33. The van der Waals surface area contributed by atoms with E-state index >= 15 is 0 Å². The molecular weight excluding hydrogens is 144 g/mol. The van der Waals surface area contributed by atoms with E-state index in [9.17, 15) is 0 Å². The summed E-state index contributed by atoms with van der Waals surface area (Å²) in [5.41, 5.74) is 0. The standard InChI is InChI=1S/C3H9ClGe/c4-2-1-3-5/h1-3H2,5H3. The third kappa shape index (κ3) is 4.83.